The van der Waals surface area contributed by atoms with Crippen LogP contribution in [0.5, 0.6) is 0 Å². The highest BCUT2D eigenvalue weighted by Crippen LogP contribution is 2.66. The zero-order chi connectivity index (χ0) is 24.9. The number of phosphoric ester groups is 1. The van der Waals surface area contributed by atoms with Crippen molar-refractivity contribution in [1.29, 1.82) is 0 Å². The highest BCUT2D eigenvalue weighted by atomic mass is 31.3. The number of hydrogen-bond acceptors (Lipinski definition) is 14. The summed E-state index contributed by atoms with van der Waals surface area (Å²) in [6.45, 7) is -1.01. The Bertz CT molecular complexity index is 1110. The molecule has 0 saturated carbocycles. The molecule has 1 saturated heterocycles. The van der Waals surface area contributed by atoms with Gasteiger partial charge in [0.1, 0.15) is 24.0 Å². The molecular formula is C11H20N5O14P3. The Kier molecular flexibility index (Phi) is 7.12. The van der Waals surface area contributed by atoms with Crippen molar-refractivity contribution in [3.8, 4) is 0 Å². The van der Waals surface area contributed by atoms with E-state index in [9.17, 15) is 33.6 Å². The molecule has 6 atom stereocenters. The summed E-state index contributed by atoms with van der Waals surface area (Å²) in [5.41, 5.74) is 5.09. The molecule has 19 nitrogen and oxygen atoms in total. The number of rotatable bonds is 8. The molecule has 3 rings (SSSR count). The van der Waals surface area contributed by atoms with E-state index in [4.69, 9.17) is 25.2 Å². The minimum atomic E-state index is -5.73. The van der Waals surface area contributed by atoms with Crippen LogP contribution in [0.25, 0.3) is 0 Å². The van der Waals surface area contributed by atoms with Gasteiger partial charge in [-0.2, -0.15) is 13.6 Å². The van der Waals surface area contributed by atoms with Crippen LogP contribution in [0.3, 0.4) is 0 Å². The van der Waals surface area contributed by atoms with Gasteiger partial charge in [0.2, 0.25) is 5.95 Å². The number of nitrogens with one attached hydrogen (secondary N) is 1. The average Bonchev–Trinajstić information content (AvgIpc) is 3.07. The minimum Gasteiger partial charge on any atom is -0.387 e. The van der Waals surface area contributed by atoms with Crippen molar-refractivity contribution in [1.82, 2.24) is 9.97 Å². The molecule has 1 aromatic heterocycles. The maximum atomic E-state index is 12.1. The van der Waals surface area contributed by atoms with Gasteiger partial charge in [-0.1, -0.05) is 0 Å². The molecule has 0 amide bonds. The summed E-state index contributed by atoms with van der Waals surface area (Å²) in [5.74, 6) is -0.195. The van der Waals surface area contributed by atoms with Crippen LogP contribution in [0.2, 0.25) is 0 Å². The topological polar surface area (TPSA) is 288 Å². The molecule has 188 valence electrons. The summed E-state index contributed by atoms with van der Waals surface area (Å²) in [6, 6.07) is 0. The van der Waals surface area contributed by atoms with E-state index >= 15 is 0 Å². The predicted octanol–water partition coefficient (Wildman–Crippen LogP) is -2.64. The van der Waals surface area contributed by atoms with E-state index in [1.165, 1.54) is 16.8 Å². The van der Waals surface area contributed by atoms with E-state index in [2.05, 4.69) is 23.1 Å². The van der Waals surface area contributed by atoms with Gasteiger partial charge in [-0.05, 0) is 0 Å². The Labute approximate surface area is 183 Å². The summed E-state index contributed by atoms with van der Waals surface area (Å²) in [6.07, 6.45) is -6.17. The molecule has 22 heteroatoms. The third-order valence-electron chi connectivity index (χ3n) is 4.38. The number of nitrogens with zero attached hydrogens (tertiary/aromatic N) is 3. The predicted molar refractivity (Wildman–Crippen MR) is 106 cm³/mol. The average molecular weight is 539 g/mol. The lowest BCUT2D eigenvalue weighted by molar-refractivity contribution is -0.0217. The van der Waals surface area contributed by atoms with Gasteiger partial charge >= 0.3 is 23.5 Å². The molecule has 0 aromatic carbocycles. The monoisotopic (exact) mass is 539 g/mol. The Morgan fingerprint density at radius 3 is 2.39 bits per heavy atom. The van der Waals surface area contributed by atoms with Gasteiger partial charge in [0, 0.05) is 7.05 Å². The highest BCUT2D eigenvalue weighted by Gasteiger charge is 2.50. The molecule has 0 radical (unpaired) electrons. The van der Waals surface area contributed by atoms with E-state index < -0.39 is 60.2 Å². The number of nitrogen functional groups attached to an aromatic ring is 1. The largest absolute Gasteiger partial charge is 0.490 e. The highest BCUT2D eigenvalue weighted by molar-refractivity contribution is 7.66. The molecular weight excluding hydrogens is 519 g/mol. The number of fused-ring (bicyclic) bond motifs is 1. The van der Waals surface area contributed by atoms with E-state index in [-0.39, 0.29) is 24.1 Å². The van der Waals surface area contributed by atoms with Gasteiger partial charge in [0.15, 0.2) is 12.0 Å². The second-order valence-corrected chi connectivity index (χ2v) is 11.3. The molecule has 33 heavy (non-hydrogen) atoms. The van der Waals surface area contributed by atoms with Gasteiger partial charge < -0.3 is 50.1 Å². The molecule has 2 aliphatic heterocycles. The molecule has 9 N–H and O–H groups in total. The number of phosphoric acid groups is 3. The summed E-state index contributed by atoms with van der Waals surface area (Å²) in [4.78, 5) is 56.9. The fourth-order valence-electron chi connectivity index (χ4n) is 3.18. The van der Waals surface area contributed by atoms with Crippen LogP contribution >= 0.6 is 23.5 Å². The number of nitrogens with two attached hydrogens (primary N) is 1. The molecule has 0 aliphatic carbocycles. The van der Waals surface area contributed by atoms with Crippen molar-refractivity contribution in [2.75, 3.05) is 35.9 Å². The van der Waals surface area contributed by atoms with E-state index in [0.717, 1.165) is 0 Å². The first-order valence-electron chi connectivity index (χ1n) is 8.67. The van der Waals surface area contributed by atoms with E-state index in [0.29, 0.717) is 0 Å². The quantitative estimate of drug-likeness (QED) is 0.157. The smallest absolute Gasteiger partial charge is 0.387 e. The van der Waals surface area contributed by atoms with Crippen molar-refractivity contribution < 1.29 is 61.4 Å². The molecule has 3 heterocycles. The summed E-state index contributed by atoms with van der Waals surface area (Å²) >= 11 is 0. The van der Waals surface area contributed by atoms with Crippen molar-refractivity contribution in [3.05, 3.63) is 10.4 Å². The zero-order valence-corrected chi connectivity index (χ0v) is 19.1. The van der Waals surface area contributed by atoms with Gasteiger partial charge in [0.05, 0.1) is 13.3 Å². The van der Waals surface area contributed by atoms with Gasteiger partial charge in [0.25, 0.3) is 5.56 Å². The third-order valence-corrected chi connectivity index (χ3v) is 8.18. The van der Waals surface area contributed by atoms with Crippen molar-refractivity contribution in [2.24, 2.45) is 0 Å². The van der Waals surface area contributed by atoms with Gasteiger partial charge in [-0.25, -0.2) is 13.7 Å². The summed E-state index contributed by atoms with van der Waals surface area (Å²) in [7, 11) is -15.2. The number of H-pyrrole nitrogens is 1. The SMILES string of the molecule is CN1CN(C2O[C@@H](COP(=O)(O)OP(=O)(O)OP(=O)(O)O)[C@H](O)[C@@H]2O)c2nc(N)[nH]c(=O)c21. The molecule has 0 spiro atoms. The van der Waals surface area contributed by atoms with Crippen LogP contribution in [0.1, 0.15) is 0 Å². The summed E-state index contributed by atoms with van der Waals surface area (Å²) < 4.78 is 50.9. The lowest BCUT2D eigenvalue weighted by atomic mass is 10.1. The van der Waals surface area contributed by atoms with Crippen molar-refractivity contribution >= 4 is 40.9 Å². The molecule has 0 bridgehead atoms. The normalized spacial score (nSPS) is 29.1. The van der Waals surface area contributed by atoms with Crippen LogP contribution in [0.4, 0.5) is 17.5 Å². The first-order valence-corrected chi connectivity index (χ1v) is 13.2. The van der Waals surface area contributed by atoms with Gasteiger partial charge in [-0.3, -0.25) is 14.3 Å². The lowest BCUT2D eigenvalue weighted by Crippen LogP contribution is -2.45. The third kappa shape index (κ3) is 5.98. The number of aliphatic hydroxyl groups is 2. The molecule has 2 aliphatic rings. The fourth-order valence-corrected chi connectivity index (χ4v) is 6.21. The Morgan fingerprint density at radius 1 is 1.15 bits per heavy atom. The standard InChI is InChI=1S/C11H20N5O14P3/c1-15-3-16(8-5(15)9(19)14-11(12)13-8)10-7(18)6(17)4(28-10)2-27-32(23,24)30-33(25,26)29-31(20,21)22/h4,6-7,10,17-18H,2-3H2,1H3,(H,23,24)(H,25,26)(H2,20,21,22)(H3,12,13,14,19)/t4-,6-,7-,10?/m0/s1. The number of anilines is 3. The lowest BCUT2D eigenvalue weighted by Gasteiger charge is -2.27. The van der Waals surface area contributed by atoms with E-state index in [1.54, 1.807) is 0 Å². The van der Waals surface area contributed by atoms with Crippen LogP contribution in [0, 0.1) is 0 Å². The number of aliphatic hydroxyl groups excluding tert-OH is 2. The van der Waals surface area contributed by atoms with Crippen LogP contribution in [-0.4, -0.2) is 84.6 Å². The second kappa shape index (κ2) is 8.98. The van der Waals surface area contributed by atoms with Gasteiger partial charge in [-0.15, -0.1) is 0 Å². The zero-order valence-electron chi connectivity index (χ0n) is 16.4. The second-order valence-electron chi connectivity index (χ2n) is 6.87. The Hall–Kier alpha value is -1.43. The Morgan fingerprint density at radius 2 is 1.79 bits per heavy atom. The minimum absolute atomic E-state index is 0.0219. The number of aromatic amines is 1. The van der Waals surface area contributed by atoms with Crippen LogP contribution in [-0.2, 0) is 31.6 Å². The first kappa shape index (κ1) is 26.2. The number of ether oxygens (including phenoxy) is 1. The summed E-state index contributed by atoms with van der Waals surface area (Å²) in [5, 5.41) is 20.6. The van der Waals surface area contributed by atoms with Crippen molar-refractivity contribution in [3.63, 3.8) is 0 Å². The number of aromatic nitrogens is 2. The number of hydrogen-bond donors (Lipinski definition) is 8. The fraction of sp³-hybridized carbons (Fsp3) is 0.636. The Balaban J connectivity index is 1.70. The maximum Gasteiger partial charge on any atom is 0.490 e. The first-order chi connectivity index (χ1) is 15.0. The van der Waals surface area contributed by atoms with Crippen LogP contribution in [0.15, 0.2) is 4.79 Å². The van der Waals surface area contributed by atoms with Crippen LogP contribution < -0.4 is 21.1 Å². The molecule has 1 fully saturated rings. The molecule has 1 aromatic rings. The van der Waals surface area contributed by atoms with E-state index in [1.807, 2.05) is 0 Å². The van der Waals surface area contributed by atoms with Crippen molar-refractivity contribution in [2.45, 2.75) is 24.5 Å². The maximum absolute atomic E-state index is 12.1. The molecule has 3 unspecified atom stereocenters.